The first kappa shape index (κ1) is 16.7. The van der Waals surface area contributed by atoms with Gasteiger partial charge in [0, 0.05) is 5.41 Å². The molecule has 0 spiro atoms. The number of hydrogen-bond donors (Lipinski definition) is 0. The van der Waals surface area contributed by atoms with Gasteiger partial charge >= 0.3 is 5.97 Å². The zero-order valence-corrected chi connectivity index (χ0v) is 15.0. The Labute approximate surface area is 139 Å². The highest BCUT2D eigenvalue weighted by Gasteiger charge is 2.59. The third-order valence-electron chi connectivity index (χ3n) is 7.47. The number of ether oxygens (including phenoxy) is 1. The fraction of sp³-hybridized carbons (Fsp3) is 0.800. The van der Waals surface area contributed by atoms with E-state index in [4.69, 9.17) is 4.74 Å². The number of allylic oxidation sites excluding steroid dienone is 2. The molecule has 0 aliphatic heterocycles. The molecule has 0 heterocycles. The van der Waals surface area contributed by atoms with Crippen molar-refractivity contribution in [1.29, 1.82) is 0 Å². The van der Waals surface area contributed by atoms with Crippen LogP contribution in [0.15, 0.2) is 11.6 Å². The normalized spacial score (nSPS) is 46.2. The highest BCUT2D eigenvalue weighted by Crippen LogP contribution is 2.64. The van der Waals surface area contributed by atoms with Crippen molar-refractivity contribution in [3.63, 3.8) is 0 Å². The molecule has 3 heteroatoms. The molecule has 3 aliphatic carbocycles. The van der Waals surface area contributed by atoms with E-state index in [-0.39, 0.29) is 22.2 Å². The predicted octanol–water partition coefficient (Wildman–Crippen LogP) is 4.31. The minimum absolute atomic E-state index is 0.0365. The van der Waals surface area contributed by atoms with E-state index >= 15 is 0 Å². The van der Waals surface area contributed by atoms with Gasteiger partial charge in [0.2, 0.25) is 0 Å². The first-order valence-corrected chi connectivity index (χ1v) is 9.07. The molecule has 0 amide bonds. The van der Waals surface area contributed by atoms with Gasteiger partial charge in [0.15, 0.2) is 0 Å². The Morgan fingerprint density at radius 1 is 1.22 bits per heavy atom. The molecule has 128 valence electrons. The second-order valence-electron chi connectivity index (χ2n) is 8.68. The van der Waals surface area contributed by atoms with Crippen LogP contribution >= 0.6 is 0 Å². The molecule has 3 nitrogen and oxygen atoms in total. The van der Waals surface area contributed by atoms with Gasteiger partial charge in [0.25, 0.3) is 0 Å². The molecule has 5 atom stereocenters. The molecular formula is C20H30O3. The lowest BCUT2D eigenvalue weighted by Crippen LogP contribution is -2.54. The molecule has 2 fully saturated rings. The quantitative estimate of drug-likeness (QED) is 0.433. The van der Waals surface area contributed by atoms with Crippen LogP contribution in [0, 0.1) is 28.1 Å². The zero-order valence-electron chi connectivity index (χ0n) is 15.0. The summed E-state index contributed by atoms with van der Waals surface area (Å²) in [6, 6.07) is 0. The highest BCUT2D eigenvalue weighted by molar-refractivity contribution is 5.77. The molecule has 0 aromatic heterocycles. The molecule has 23 heavy (non-hydrogen) atoms. The van der Waals surface area contributed by atoms with Crippen LogP contribution in [0.5, 0.6) is 0 Å². The topological polar surface area (TPSA) is 43.4 Å². The van der Waals surface area contributed by atoms with E-state index < -0.39 is 0 Å². The maximum absolute atomic E-state index is 12.5. The van der Waals surface area contributed by atoms with Crippen molar-refractivity contribution in [1.82, 2.24) is 0 Å². The molecule has 0 unspecified atom stereocenters. The number of carbonyl (C=O) groups is 2. The smallest absolute Gasteiger partial charge is 0.311 e. The van der Waals surface area contributed by atoms with Crippen molar-refractivity contribution < 1.29 is 14.3 Å². The molecule has 0 saturated heterocycles. The minimum Gasteiger partial charge on any atom is -0.469 e. The Balaban J connectivity index is 2.03. The maximum atomic E-state index is 12.5. The Morgan fingerprint density at radius 2 is 1.96 bits per heavy atom. The number of fused-ring (bicyclic) bond motifs is 3. The molecule has 0 bridgehead atoms. The summed E-state index contributed by atoms with van der Waals surface area (Å²) in [5.74, 6) is 0.629. The lowest BCUT2D eigenvalue weighted by atomic mass is 9.44. The van der Waals surface area contributed by atoms with E-state index in [0.29, 0.717) is 11.8 Å². The van der Waals surface area contributed by atoms with Crippen LogP contribution in [-0.4, -0.2) is 19.4 Å². The van der Waals surface area contributed by atoms with Gasteiger partial charge in [-0.15, -0.1) is 0 Å². The Kier molecular flexibility index (Phi) is 3.97. The first-order valence-electron chi connectivity index (χ1n) is 9.07. The van der Waals surface area contributed by atoms with Crippen molar-refractivity contribution in [2.24, 2.45) is 28.1 Å². The third kappa shape index (κ3) is 2.22. The highest BCUT2D eigenvalue weighted by atomic mass is 16.5. The maximum Gasteiger partial charge on any atom is 0.311 e. The van der Waals surface area contributed by atoms with Crippen molar-refractivity contribution in [3.8, 4) is 0 Å². The lowest BCUT2D eigenvalue weighted by Gasteiger charge is -2.59. The monoisotopic (exact) mass is 318 g/mol. The summed E-state index contributed by atoms with van der Waals surface area (Å²) in [7, 11) is 1.51. The Morgan fingerprint density at radius 3 is 2.61 bits per heavy atom. The predicted molar refractivity (Wildman–Crippen MR) is 89.8 cm³/mol. The average Bonchev–Trinajstić information content (AvgIpc) is 2.54. The van der Waals surface area contributed by atoms with Gasteiger partial charge in [-0.1, -0.05) is 31.9 Å². The van der Waals surface area contributed by atoms with Gasteiger partial charge in [-0.05, 0) is 62.7 Å². The number of hydrogen-bond acceptors (Lipinski definition) is 3. The van der Waals surface area contributed by atoms with Crippen LogP contribution in [0.4, 0.5) is 0 Å². The van der Waals surface area contributed by atoms with E-state index in [2.05, 4.69) is 26.8 Å². The van der Waals surface area contributed by atoms with Crippen LogP contribution in [0.2, 0.25) is 0 Å². The summed E-state index contributed by atoms with van der Waals surface area (Å²) >= 11 is 0. The molecule has 2 saturated carbocycles. The summed E-state index contributed by atoms with van der Waals surface area (Å²) in [5, 5.41) is 0. The fourth-order valence-corrected chi connectivity index (χ4v) is 6.14. The second-order valence-corrected chi connectivity index (χ2v) is 8.68. The molecule has 0 radical (unpaired) electrons. The van der Waals surface area contributed by atoms with Gasteiger partial charge in [-0.25, -0.2) is 0 Å². The summed E-state index contributed by atoms with van der Waals surface area (Å²) in [4.78, 5) is 24.3. The largest absolute Gasteiger partial charge is 0.469 e. The minimum atomic E-state index is -0.386. The number of esters is 1. The van der Waals surface area contributed by atoms with Crippen LogP contribution in [0.1, 0.15) is 65.7 Å². The molecular weight excluding hydrogens is 288 g/mol. The number of aldehydes is 1. The molecule has 3 aliphatic rings. The molecule has 3 rings (SSSR count). The Bertz CT molecular complexity index is 551. The van der Waals surface area contributed by atoms with E-state index in [0.717, 1.165) is 44.9 Å². The summed E-state index contributed by atoms with van der Waals surface area (Å²) in [6.07, 6.45) is 10.7. The Hall–Kier alpha value is -1.12. The van der Waals surface area contributed by atoms with Crippen molar-refractivity contribution in [2.75, 3.05) is 7.11 Å². The lowest BCUT2D eigenvalue weighted by molar-refractivity contribution is -0.165. The van der Waals surface area contributed by atoms with Gasteiger partial charge in [0.05, 0.1) is 12.5 Å². The van der Waals surface area contributed by atoms with Gasteiger partial charge in [0.1, 0.15) is 6.29 Å². The molecule has 0 aromatic carbocycles. The standard InChI is InChI=1S/C20H30O3/c1-18(13-21)10-5-7-15-14(18)8-9-16-19(15,2)11-6-12-20(16,3)17(22)23-4/h7,13-14,16H,5-6,8-12H2,1-4H3/t14-,16-,18-,19+,20-/m1/s1. The average molecular weight is 318 g/mol. The second kappa shape index (κ2) is 5.46. The third-order valence-corrected chi connectivity index (χ3v) is 7.47. The van der Waals surface area contributed by atoms with Crippen LogP contribution in [0.25, 0.3) is 0 Å². The summed E-state index contributed by atoms with van der Waals surface area (Å²) in [6.45, 7) is 6.57. The molecule has 0 aromatic rings. The van der Waals surface area contributed by atoms with Gasteiger partial charge in [-0.3, -0.25) is 4.79 Å². The van der Waals surface area contributed by atoms with E-state index in [1.807, 2.05) is 0 Å². The van der Waals surface area contributed by atoms with E-state index in [1.165, 1.54) is 19.0 Å². The van der Waals surface area contributed by atoms with Crippen molar-refractivity contribution in [3.05, 3.63) is 11.6 Å². The zero-order chi connectivity index (χ0) is 16.9. The van der Waals surface area contributed by atoms with E-state index in [9.17, 15) is 9.59 Å². The van der Waals surface area contributed by atoms with Crippen molar-refractivity contribution >= 4 is 12.3 Å². The molecule has 0 N–H and O–H groups in total. The first-order chi connectivity index (χ1) is 10.8. The van der Waals surface area contributed by atoms with E-state index in [1.54, 1.807) is 0 Å². The van der Waals surface area contributed by atoms with Crippen LogP contribution in [-0.2, 0) is 14.3 Å². The number of rotatable bonds is 2. The van der Waals surface area contributed by atoms with Crippen LogP contribution < -0.4 is 0 Å². The van der Waals surface area contributed by atoms with Crippen LogP contribution in [0.3, 0.4) is 0 Å². The SMILES string of the molecule is COC(=O)[C@]1(C)CCC[C@@]2(C)C3=CCC[C@](C)(C=O)[C@@H]3CC[C@@H]12. The fourth-order valence-electron chi connectivity index (χ4n) is 6.14. The van der Waals surface area contributed by atoms with Gasteiger partial charge < -0.3 is 9.53 Å². The summed E-state index contributed by atoms with van der Waals surface area (Å²) in [5.41, 5.74) is 0.888. The summed E-state index contributed by atoms with van der Waals surface area (Å²) < 4.78 is 5.17. The van der Waals surface area contributed by atoms with Crippen molar-refractivity contribution in [2.45, 2.75) is 65.7 Å². The number of carbonyl (C=O) groups excluding carboxylic acids is 2. The van der Waals surface area contributed by atoms with Gasteiger partial charge in [-0.2, -0.15) is 0 Å². The number of methoxy groups -OCH3 is 1.